The number of nitro groups is 1. The molecule has 2 aromatic carbocycles. The second-order valence-corrected chi connectivity index (χ2v) is 8.98. The van der Waals surface area contributed by atoms with Crippen LogP contribution in [-0.2, 0) is 10.2 Å². The van der Waals surface area contributed by atoms with Crippen LogP contribution in [0, 0.1) is 10.1 Å². The normalized spacial score (nSPS) is 16.6. The van der Waals surface area contributed by atoms with Gasteiger partial charge in [-0.2, -0.15) is 0 Å². The first-order chi connectivity index (χ1) is 15.3. The predicted molar refractivity (Wildman–Crippen MR) is 122 cm³/mol. The third-order valence-electron chi connectivity index (χ3n) is 6.26. The Morgan fingerprint density at radius 3 is 2.22 bits per heavy atom. The average Bonchev–Trinajstić information content (AvgIpc) is 3.63. The summed E-state index contributed by atoms with van der Waals surface area (Å²) in [5.74, 6) is -0.220. The lowest BCUT2D eigenvalue weighted by molar-refractivity contribution is -0.384. The Labute approximate surface area is 187 Å². The number of hydrogen-bond donors (Lipinski definition) is 1. The van der Waals surface area contributed by atoms with E-state index in [9.17, 15) is 19.7 Å². The molecule has 0 aromatic heterocycles. The number of rotatable bonds is 6. The molecule has 2 aromatic rings. The first kappa shape index (κ1) is 21.8. The fraction of sp³-hybridized carbons (Fsp3) is 0.417. The SMILES string of the molecule is CC(C)(C(=O)N1CCN(C(=O)c2ccc(NC3CC3)c([N+](=O)[O-])c2)CC1)c1ccccc1. The van der Waals surface area contributed by atoms with Gasteiger partial charge in [0.2, 0.25) is 5.91 Å². The van der Waals surface area contributed by atoms with Crippen molar-refractivity contribution in [1.82, 2.24) is 9.80 Å². The molecule has 1 N–H and O–H groups in total. The predicted octanol–water partition coefficient (Wildman–Crippen LogP) is 3.43. The summed E-state index contributed by atoms with van der Waals surface area (Å²) >= 11 is 0. The van der Waals surface area contributed by atoms with Gasteiger partial charge in [0.05, 0.1) is 10.3 Å². The average molecular weight is 437 g/mol. The molecule has 4 rings (SSSR count). The molecular weight excluding hydrogens is 408 g/mol. The van der Waals surface area contributed by atoms with Crippen molar-refractivity contribution >= 4 is 23.2 Å². The number of carbonyl (C=O) groups is 2. The Morgan fingerprint density at radius 1 is 1.00 bits per heavy atom. The van der Waals surface area contributed by atoms with E-state index < -0.39 is 10.3 Å². The number of amides is 2. The summed E-state index contributed by atoms with van der Waals surface area (Å²) in [5, 5.41) is 14.6. The molecule has 8 nitrogen and oxygen atoms in total. The molecule has 1 saturated heterocycles. The van der Waals surface area contributed by atoms with Gasteiger partial charge in [0.25, 0.3) is 11.6 Å². The molecular formula is C24H28N4O4. The monoisotopic (exact) mass is 436 g/mol. The molecule has 1 heterocycles. The van der Waals surface area contributed by atoms with E-state index in [1.807, 2.05) is 44.2 Å². The second kappa shape index (κ2) is 8.61. The molecule has 1 aliphatic heterocycles. The lowest BCUT2D eigenvalue weighted by Crippen LogP contribution is -2.54. The van der Waals surface area contributed by atoms with Gasteiger partial charge in [0.1, 0.15) is 5.69 Å². The highest BCUT2D eigenvalue weighted by Gasteiger charge is 2.36. The van der Waals surface area contributed by atoms with Gasteiger partial charge in [-0.05, 0) is 44.4 Å². The van der Waals surface area contributed by atoms with Gasteiger partial charge >= 0.3 is 0 Å². The zero-order valence-corrected chi connectivity index (χ0v) is 18.4. The fourth-order valence-electron chi connectivity index (χ4n) is 4.05. The molecule has 2 amide bonds. The highest BCUT2D eigenvalue weighted by molar-refractivity contribution is 5.96. The van der Waals surface area contributed by atoms with E-state index in [2.05, 4.69) is 5.32 Å². The molecule has 1 aliphatic carbocycles. The number of anilines is 1. The van der Waals surface area contributed by atoms with E-state index >= 15 is 0 Å². The minimum absolute atomic E-state index is 0.0296. The van der Waals surface area contributed by atoms with E-state index in [-0.39, 0.29) is 23.5 Å². The number of hydrogen-bond acceptors (Lipinski definition) is 5. The van der Waals surface area contributed by atoms with E-state index in [0.717, 1.165) is 18.4 Å². The highest BCUT2D eigenvalue weighted by Crippen LogP contribution is 2.32. The van der Waals surface area contributed by atoms with Gasteiger partial charge in [0, 0.05) is 43.9 Å². The smallest absolute Gasteiger partial charge is 0.293 e. The van der Waals surface area contributed by atoms with E-state index in [4.69, 9.17) is 0 Å². The van der Waals surface area contributed by atoms with Crippen LogP contribution in [0.5, 0.6) is 0 Å². The van der Waals surface area contributed by atoms with Crippen molar-refractivity contribution in [2.24, 2.45) is 0 Å². The minimum atomic E-state index is -0.654. The number of benzene rings is 2. The van der Waals surface area contributed by atoms with Crippen molar-refractivity contribution < 1.29 is 14.5 Å². The topological polar surface area (TPSA) is 95.8 Å². The first-order valence-electron chi connectivity index (χ1n) is 11.0. The van der Waals surface area contributed by atoms with Crippen LogP contribution in [-0.4, -0.2) is 58.8 Å². The number of carbonyl (C=O) groups excluding carboxylic acids is 2. The van der Waals surface area contributed by atoms with Crippen LogP contribution in [0.25, 0.3) is 0 Å². The number of nitro benzene ring substituents is 1. The molecule has 32 heavy (non-hydrogen) atoms. The van der Waals surface area contributed by atoms with Crippen molar-refractivity contribution in [2.45, 2.75) is 38.1 Å². The van der Waals surface area contributed by atoms with Gasteiger partial charge in [-0.25, -0.2) is 0 Å². The summed E-state index contributed by atoms with van der Waals surface area (Å²) in [7, 11) is 0. The molecule has 0 unspecified atom stereocenters. The maximum atomic E-state index is 13.2. The molecule has 2 fully saturated rings. The van der Waals surface area contributed by atoms with E-state index in [1.165, 1.54) is 6.07 Å². The number of nitrogens with zero attached hydrogens (tertiary/aromatic N) is 3. The summed E-state index contributed by atoms with van der Waals surface area (Å²) in [6, 6.07) is 14.6. The Morgan fingerprint density at radius 2 is 1.62 bits per heavy atom. The van der Waals surface area contributed by atoms with Crippen LogP contribution in [0.2, 0.25) is 0 Å². The van der Waals surface area contributed by atoms with Crippen molar-refractivity contribution in [1.29, 1.82) is 0 Å². The van der Waals surface area contributed by atoms with Crippen LogP contribution >= 0.6 is 0 Å². The third kappa shape index (κ3) is 4.44. The molecule has 1 saturated carbocycles. The summed E-state index contributed by atoms with van der Waals surface area (Å²) in [5.41, 5.74) is 0.963. The van der Waals surface area contributed by atoms with Crippen LogP contribution in [0.3, 0.4) is 0 Å². The van der Waals surface area contributed by atoms with Crippen LogP contribution < -0.4 is 5.32 Å². The summed E-state index contributed by atoms with van der Waals surface area (Å²) < 4.78 is 0. The lowest BCUT2D eigenvalue weighted by Gasteiger charge is -2.38. The fourth-order valence-corrected chi connectivity index (χ4v) is 4.05. The summed E-state index contributed by atoms with van der Waals surface area (Å²) in [4.78, 5) is 40.7. The van der Waals surface area contributed by atoms with Gasteiger partial charge in [-0.1, -0.05) is 30.3 Å². The van der Waals surface area contributed by atoms with Gasteiger partial charge in [-0.15, -0.1) is 0 Å². The highest BCUT2D eigenvalue weighted by atomic mass is 16.6. The Balaban J connectivity index is 1.42. The number of nitrogens with one attached hydrogen (secondary N) is 1. The maximum Gasteiger partial charge on any atom is 0.293 e. The molecule has 168 valence electrons. The molecule has 2 aliphatic rings. The van der Waals surface area contributed by atoms with Crippen LogP contribution in [0.4, 0.5) is 11.4 Å². The van der Waals surface area contributed by atoms with Crippen molar-refractivity contribution in [2.75, 3.05) is 31.5 Å². The molecule has 8 heteroatoms. The van der Waals surface area contributed by atoms with E-state index in [0.29, 0.717) is 37.4 Å². The standard InChI is InChI=1S/C24H28N4O4/c1-24(2,18-6-4-3-5-7-18)23(30)27-14-12-26(13-15-27)22(29)17-8-11-20(25-19-9-10-19)21(16-17)28(31)32/h3-8,11,16,19,25H,9-10,12-15H2,1-2H3. The molecule has 0 bridgehead atoms. The van der Waals surface area contributed by atoms with Crippen molar-refractivity contribution in [3.05, 3.63) is 69.8 Å². The number of piperazine rings is 1. The van der Waals surface area contributed by atoms with Crippen molar-refractivity contribution in [3.63, 3.8) is 0 Å². The van der Waals surface area contributed by atoms with E-state index in [1.54, 1.807) is 21.9 Å². The van der Waals surface area contributed by atoms with Gasteiger partial charge < -0.3 is 15.1 Å². The third-order valence-corrected chi connectivity index (χ3v) is 6.26. The zero-order valence-electron chi connectivity index (χ0n) is 18.4. The van der Waals surface area contributed by atoms with Crippen LogP contribution in [0.1, 0.15) is 42.6 Å². The zero-order chi connectivity index (χ0) is 22.9. The molecule has 0 spiro atoms. The molecule has 0 atom stereocenters. The van der Waals surface area contributed by atoms with Crippen molar-refractivity contribution in [3.8, 4) is 0 Å². The summed E-state index contributed by atoms with van der Waals surface area (Å²) in [6.45, 7) is 5.49. The van der Waals surface area contributed by atoms with Gasteiger partial charge in [-0.3, -0.25) is 19.7 Å². The lowest BCUT2D eigenvalue weighted by atomic mass is 9.83. The summed E-state index contributed by atoms with van der Waals surface area (Å²) in [6.07, 6.45) is 2.00. The second-order valence-electron chi connectivity index (χ2n) is 8.98. The molecule has 0 radical (unpaired) electrons. The largest absolute Gasteiger partial charge is 0.377 e. The Bertz CT molecular complexity index is 1030. The Kier molecular flexibility index (Phi) is 5.86. The minimum Gasteiger partial charge on any atom is -0.377 e. The maximum absolute atomic E-state index is 13.2. The first-order valence-corrected chi connectivity index (χ1v) is 11.0. The quantitative estimate of drug-likeness (QED) is 0.553. The van der Waals surface area contributed by atoms with Crippen LogP contribution in [0.15, 0.2) is 48.5 Å². The van der Waals surface area contributed by atoms with Gasteiger partial charge in [0.15, 0.2) is 0 Å². The Hall–Kier alpha value is -3.42.